The molecule has 2 aromatic carbocycles. The van der Waals surface area contributed by atoms with Gasteiger partial charge in [0.15, 0.2) is 0 Å². The maximum absolute atomic E-state index is 12.7. The number of carbonyl (C=O) groups is 2. The van der Waals surface area contributed by atoms with Gasteiger partial charge in [0.25, 0.3) is 5.91 Å². The van der Waals surface area contributed by atoms with E-state index < -0.39 is 6.04 Å². The number of benzene rings is 2. The molecule has 1 aliphatic heterocycles. The van der Waals surface area contributed by atoms with E-state index in [1.165, 1.54) is 4.90 Å². The maximum Gasteiger partial charge on any atom is 0.256 e. The van der Waals surface area contributed by atoms with E-state index >= 15 is 0 Å². The molecule has 24 heavy (non-hydrogen) atoms. The van der Waals surface area contributed by atoms with Gasteiger partial charge in [-0.25, -0.2) is 4.90 Å². The van der Waals surface area contributed by atoms with Gasteiger partial charge in [-0.2, -0.15) is 0 Å². The third-order valence-corrected chi connectivity index (χ3v) is 4.18. The quantitative estimate of drug-likeness (QED) is 0.878. The van der Waals surface area contributed by atoms with Crippen LogP contribution in [-0.2, 0) is 9.59 Å². The second-order valence-corrected chi connectivity index (χ2v) is 5.99. The first kappa shape index (κ1) is 16.1. The number of ether oxygens (including phenoxy) is 1. The first-order chi connectivity index (χ1) is 11.5. The number of hydrogen-bond acceptors (Lipinski definition) is 4. The average Bonchev–Trinajstić information content (AvgIpc) is 2.85. The van der Waals surface area contributed by atoms with E-state index in [-0.39, 0.29) is 18.2 Å². The Bertz CT molecular complexity index is 801. The van der Waals surface area contributed by atoms with Gasteiger partial charge in [0.2, 0.25) is 5.91 Å². The Labute approximate surface area is 141 Å². The number of amides is 2. The fourth-order valence-electron chi connectivity index (χ4n) is 2.84. The largest absolute Gasteiger partial charge is 0.497 e. The predicted octanol–water partition coefficient (Wildman–Crippen LogP) is 3.06. The van der Waals surface area contributed by atoms with Crippen molar-refractivity contribution in [1.82, 2.24) is 0 Å². The molecular weight excluding hydrogens is 304 g/mol. The zero-order chi connectivity index (χ0) is 17.3. The molecule has 0 spiro atoms. The molecular formula is C19H20N2O3. The smallest absolute Gasteiger partial charge is 0.256 e. The van der Waals surface area contributed by atoms with Crippen LogP contribution in [0.5, 0.6) is 5.75 Å². The minimum absolute atomic E-state index is 0.142. The zero-order valence-corrected chi connectivity index (χ0v) is 14.0. The summed E-state index contributed by atoms with van der Waals surface area (Å²) in [5.41, 5.74) is 3.56. The second kappa shape index (κ2) is 6.35. The first-order valence-corrected chi connectivity index (χ1v) is 7.84. The Morgan fingerprint density at radius 3 is 2.67 bits per heavy atom. The van der Waals surface area contributed by atoms with Crippen LogP contribution in [-0.4, -0.2) is 25.0 Å². The number of imide groups is 1. The molecule has 124 valence electrons. The van der Waals surface area contributed by atoms with Crippen LogP contribution in [0.15, 0.2) is 42.5 Å². The van der Waals surface area contributed by atoms with Crippen LogP contribution in [0.25, 0.3) is 0 Å². The molecule has 1 saturated heterocycles. The summed E-state index contributed by atoms with van der Waals surface area (Å²) in [7, 11) is 1.55. The molecule has 1 heterocycles. The number of hydrogen-bond donors (Lipinski definition) is 1. The van der Waals surface area contributed by atoms with Gasteiger partial charge in [-0.1, -0.05) is 18.2 Å². The van der Waals surface area contributed by atoms with E-state index in [0.29, 0.717) is 11.4 Å². The van der Waals surface area contributed by atoms with Gasteiger partial charge >= 0.3 is 0 Å². The van der Waals surface area contributed by atoms with Crippen molar-refractivity contribution < 1.29 is 14.3 Å². The van der Waals surface area contributed by atoms with Gasteiger partial charge < -0.3 is 10.1 Å². The molecule has 0 bridgehead atoms. The number of anilines is 2. The third kappa shape index (κ3) is 2.97. The highest BCUT2D eigenvalue weighted by Crippen LogP contribution is 2.28. The van der Waals surface area contributed by atoms with Crippen molar-refractivity contribution >= 4 is 23.2 Å². The lowest BCUT2D eigenvalue weighted by molar-refractivity contribution is -0.121. The van der Waals surface area contributed by atoms with Crippen LogP contribution in [0.4, 0.5) is 11.4 Å². The predicted molar refractivity (Wildman–Crippen MR) is 93.4 cm³/mol. The van der Waals surface area contributed by atoms with E-state index in [1.807, 2.05) is 32.0 Å². The maximum atomic E-state index is 12.7. The number of aryl methyl sites for hydroxylation is 2. The van der Waals surface area contributed by atoms with Crippen molar-refractivity contribution in [2.75, 3.05) is 17.3 Å². The molecule has 0 aromatic heterocycles. The summed E-state index contributed by atoms with van der Waals surface area (Å²) in [6, 6.07) is 12.4. The van der Waals surface area contributed by atoms with Crippen molar-refractivity contribution in [2.45, 2.75) is 26.3 Å². The van der Waals surface area contributed by atoms with Gasteiger partial charge in [0, 0.05) is 11.8 Å². The van der Waals surface area contributed by atoms with Gasteiger partial charge in [-0.15, -0.1) is 0 Å². The number of methoxy groups -OCH3 is 1. The Morgan fingerprint density at radius 2 is 1.92 bits per heavy atom. The van der Waals surface area contributed by atoms with Gasteiger partial charge in [0.05, 0.1) is 19.2 Å². The van der Waals surface area contributed by atoms with E-state index in [1.54, 1.807) is 31.4 Å². The van der Waals surface area contributed by atoms with E-state index in [0.717, 1.165) is 16.8 Å². The van der Waals surface area contributed by atoms with Gasteiger partial charge in [0.1, 0.15) is 11.8 Å². The van der Waals surface area contributed by atoms with Gasteiger partial charge in [-0.05, 0) is 43.2 Å². The van der Waals surface area contributed by atoms with E-state index in [2.05, 4.69) is 5.32 Å². The Kier molecular flexibility index (Phi) is 4.25. The highest BCUT2D eigenvalue weighted by atomic mass is 16.5. The molecule has 1 atom stereocenters. The molecule has 1 unspecified atom stereocenters. The highest BCUT2D eigenvalue weighted by molar-refractivity contribution is 6.23. The lowest BCUT2D eigenvalue weighted by Crippen LogP contribution is -2.34. The van der Waals surface area contributed by atoms with Crippen LogP contribution in [0.2, 0.25) is 0 Å². The molecule has 5 nitrogen and oxygen atoms in total. The minimum atomic E-state index is -0.552. The molecule has 1 aliphatic rings. The second-order valence-electron chi connectivity index (χ2n) is 5.99. The van der Waals surface area contributed by atoms with Crippen molar-refractivity contribution in [3.8, 4) is 5.75 Å². The number of nitrogens with zero attached hydrogens (tertiary/aromatic N) is 1. The molecule has 3 rings (SSSR count). The standard InChI is InChI=1S/C19H20N2O3/c1-12-7-8-13(2)16(9-12)20-17-11-18(22)21(19(17)23)14-5-4-6-15(10-14)24-3/h4-10,17,20H,11H2,1-3H3. The monoisotopic (exact) mass is 324 g/mol. The summed E-state index contributed by atoms with van der Waals surface area (Å²) >= 11 is 0. The summed E-state index contributed by atoms with van der Waals surface area (Å²) in [6.07, 6.45) is 0.142. The topological polar surface area (TPSA) is 58.6 Å². The Hall–Kier alpha value is -2.82. The summed E-state index contributed by atoms with van der Waals surface area (Å²) in [5, 5.41) is 3.22. The van der Waals surface area contributed by atoms with Crippen molar-refractivity contribution in [3.05, 3.63) is 53.6 Å². The highest BCUT2D eigenvalue weighted by Gasteiger charge is 2.39. The molecule has 1 fully saturated rings. The summed E-state index contributed by atoms with van der Waals surface area (Å²) < 4.78 is 5.17. The van der Waals surface area contributed by atoms with Crippen LogP contribution < -0.4 is 15.0 Å². The molecule has 0 aliphatic carbocycles. The number of carbonyl (C=O) groups excluding carboxylic acids is 2. The number of rotatable bonds is 4. The Morgan fingerprint density at radius 1 is 1.12 bits per heavy atom. The van der Waals surface area contributed by atoms with Crippen molar-refractivity contribution in [2.24, 2.45) is 0 Å². The van der Waals surface area contributed by atoms with Gasteiger partial charge in [-0.3, -0.25) is 9.59 Å². The molecule has 1 N–H and O–H groups in total. The fraction of sp³-hybridized carbons (Fsp3) is 0.263. The lowest BCUT2D eigenvalue weighted by Gasteiger charge is -2.17. The van der Waals surface area contributed by atoms with Crippen LogP contribution in [0, 0.1) is 13.8 Å². The molecule has 5 heteroatoms. The first-order valence-electron chi connectivity index (χ1n) is 7.84. The van der Waals surface area contributed by atoms with Crippen molar-refractivity contribution in [1.29, 1.82) is 0 Å². The Balaban J connectivity index is 1.85. The zero-order valence-electron chi connectivity index (χ0n) is 14.0. The van der Waals surface area contributed by atoms with Crippen LogP contribution >= 0.6 is 0 Å². The SMILES string of the molecule is COc1cccc(N2C(=O)CC(Nc3cc(C)ccc3C)C2=O)c1. The van der Waals surface area contributed by atoms with Crippen LogP contribution in [0.1, 0.15) is 17.5 Å². The van der Waals surface area contributed by atoms with E-state index in [4.69, 9.17) is 4.74 Å². The third-order valence-electron chi connectivity index (χ3n) is 4.18. The average molecular weight is 324 g/mol. The number of nitrogens with one attached hydrogen (secondary N) is 1. The van der Waals surface area contributed by atoms with Crippen LogP contribution in [0.3, 0.4) is 0 Å². The summed E-state index contributed by atoms with van der Waals surface area (Å²) in [6.45, 7) is 3.97. The molecule has 2 amide bonds. The normalized spacial score (nSPS) is 17.3. The minimum Gasteiger partial charge on any atom is -0.497 e. The lowest BCUT2D eigenvalue weighted by atomic mass is 10.1. The molecule has 2 aromatic rings. The van der Waals surface area contributed by atoms with E-state index in [9.17, 15) is 9.59 Å². The molecule has 0 saturated carbocycles. The molecule has 0 radical (unpaired) electrons. The fourth-order valence-corrected chi connectivity index (χ4v) is 2.84. The summed E-state index contributed by atoms with van der Waals surface area (Å²) in [5.74, 6) is 0.157. The summed E-state index contributed by atoms with van der Waals surface area (Å²) in [4.78, 5) is 26.3. The van der Waals surface area contributed by atoms with Crippen molar-refractivity contribution in [3.63, 3.8) is 0 Å².